The van der Waals surface area contributed by atoms with Crippen molar-refractivity contribution < 1.29 is 13.6 Å². The van der Waals surface area contributed by atoms with E-state index in [1.54, 1.807) is 25.1 Å². The van der Waals surface area contributed by atoms with E-state index in [-0.39, 0.29) is 10.9 Å². The maximum atomic E-state index is 13.9. The van der Waals surface area contributed by atoms with Crippen LogP contribution in [0.3, 0.4) is 0 Å². The van der Waals surface area contributed by atoms with Crippen molar-refractivity contribution in [2.75, 3.05) is 0 Å². The molecule has 2 N–H and O–H groups in total. The van der Waals surface area contributed by atoms with Gasteiger partial charge in [-0.25, -0.2) is 8.78 Å². The Kier molecular flexibility index (Phi) is 4.56. The highest BCUT2D eigenvalue weighted by atomic mass is 19.1. The third kappa shape index (κ3) is 3.13. The number of hydrogen-bond acceptors (Lipinski definition) is 3. The van der Waals surface area contributed by atoms with Crippen molar-refractivity contribution in [1.82, 2.24) is 15.5 Å². The van der Waals surface area contributed by atoms with Gasteiger partial charge < -0.3 is 5.32 Å². The molecule has 0 saturated carbocycles. The van der Waals surface area contributed by atoms with Gasteiger partial charge in [0.1, 0.15) is 17.2 Å². The van der Waals surface area contributed by atoms with E-state index in [2.05, 4.69) is 15.5 Å². The predicted octanol–water partition coefficient (Wildman–Crippen LogP) is 3.08. The summed E-state index contributed by atoms with van der Waals surface area (Å²) in [5.74, 6) is -1.83. The number of amides is 1. The summed E-state index contributed by atoms with van der Waals surface area (Å²) in [6, 6.07) is 9.44. The fourth-order valence-corrected chi connectivity index (χ4v) is 2.66. The highest BCUT2D eigenvalue weighted by Gasteiger charge is 2.21. The highest BCUT2D eigenvalue weighted by molar-refractivity contribution is 5.95. The molecule has 25 heavy (non-hydrogen) atoms. The second kappa shape index (κ2) is 6.80. The molecule has 3 aromatic rings. The van der Waals surface area contributed by atoms with Gasteiger partial charge in [0.2, 0.25) is 5.43 Å². The average Bonchev–Trinajstić information content (AvgIpc) is 2.61. The largest absolute Gasteiger partial charge is 0.344 e. The zero-order valence-electron chi connectivity index (χ0n) is 13.3. The van der Waals surface area contributed by atoms with E-state index in [0.29, 0.717) is 12.0 Å². The summed E-state index contributed by atoms with van der Waals surface area (Å²) in [5.41, 5.74) is -0.825. The van der Waals surface area contributed by atoms with Crippen LogP contribution < -0.4 is 10.7 Å². The monoisotopic (exact) mass is 343 g/mol. The van der Waals surface area contributed by atoms with Crippen LogP contribution in [0, 0.1) is 11.6 Å². The summed E-state index contributed by atoms with van der Waals surface area (Å²) in [6.45, 7) is 1.78. The predicted molar refractivity (Wildman–Crippen MR) is 89.2 cm³/mol. The molecule has 7 heteroatoms. The van der Waals surface area contributed by atoms with Gasteiger partial charge in [-0.1, -0.05) is 31.2 Å². The minimum atomic E-state index is -0.748. The quantitative estimate of drug-likeness (QED) is 0.764. The molecule has 0 fully saturated rings. The number of carbonyl (C=O) groups excluding carboxylic acids is 1. The molecule has 1 heterocycles. The standard InChI is InChI=1S/C18H15F2N3O2/c1-2-14(10-6-3-4-8-12(10)19)21-18(25)16-17(24)11-7-5-9-13(20)15(11)22-23-16/h3-9,14H,2H2,1H3,(H,21,25)(H,22,24)/t14-/m0/s1. The van der Waals surface area contributed by atoms with E-state index in [1.807, 2.05) is 0 Å². The van der Waals surface area contributed by atoms with Crippen LogP contribution >= 0.6 is 0 Å². The van der Waals surface area contributed by atoms with Crippen molar-refractivity contribution >= 4 is 16.8 Å². The van der Waals surface area contributed by atoms with Gasteiger partial charge >= 0.3 is 0 Å². The number of aromatic nitrogens is 2. The molecule has 0 radical (unpaired) electrons. The zero-order valence-corrected chi connectivity index (χ0v) is 13.3. The number of carbonyl (C=O) groups is 1. The molecule has 0 saturated heterocycles. The summed E-state index contributed by atoms with van der Waals surface area (Å²) in [7, 11) is 0. The van der Waals surface area contributed by atoms with Gasteiger partial charge in [0.05, 0.1) is 11.4 Å². The molecular formula is C18H15F2N3O2. The molecule has 2 aromatic carbocycles. The van der Waals surface area contributed by atoms with Gasteiger partial charge in [0.15, 0.2) is 5.69 Å². The molecule has 1 amide bonds. The molecule has 5 nitrogen and oxygen atoms in total. The van der Waals surface area contributed by atoms with Crippen LogP contribution in [0.5, 0.6) is 0 Å². The van der Waals surface area contributed by atoms with Crippen molar-refractivity contribution in [3.05, 3.63) is 75.6 Å². The Labute approximate surface area is 141 Å². The van der Waals surface area contributed by atoms with Gasteiger partial charge in [-0.3, -0.25) is 14.7 Å². The van der Waals surface area contributed by atoms with Crippen LogP contribution in [-0.4, -0.2) is 16.1 Å². The Morgan fingerprint density at radius 2 is 1.88 bits per heavy atom. The number of halogens is 2. The van der Waals surface area contributed by atoms with Crippen LogP contribution in [0.1, 0.15) is 35.4 Å². The van der Waals surface area contributed by atoms with E-state index in [4.69, 9.17) is 0 Å². The van der Waals surface area contributed by atoms with Crippen LogP contribution in [0.4, 0.5) is 8.78 Å². The molecule has 1 atom stereocenters. The van der Waals surface area contributed by atoms with Crippen LogP contribution in [0.15, 0.2) is 47.3 Å². The summed E-state index contributed by atoms with van der Waals surface area (Å²) in [5, 5.41) is 8.71. The molecule has 0 spiro atoms. The first-order valence-corrected chi connectivity index (χ1v) is 7.75. The number of rotatable bonds is 4. The first kappa shape index (κ1) is 16.8. The van der Waals surface area contributed by atoms with E-state index < -0.39 is 34.7 Å². The van der Waals surface area contributed by atoms with Crippen molar-refractivity contribution in [2.45, 2.75) is 19.4 Å². The fourth-order valence-electron chi connectivity index (χ4n) is 2.66. The van der Waals surface area contributed by atoms with Crippen molar-refractivity contribution in [3.63, 3.8) is 0 Å². The van der Waals surface area contributed by atoms with Crippen LogP contribution in [0.25, 0.3) is 10.9 Å². The van der Waals surface area contributed by atoms with Gasteiger partial charge in [-0.05, 0) is 24.6 Å². The smallest absolute Gasteiger partial charge is 0.276 e. The molecule has 0 unspecified atom stereocenters. The molecule has 3 rings (SSSR count). The average molecular weight is 343 g/mol. The molecule has 1 aromatic heterocycles. The number of nitrogens with one attached hydrogen (secondary N) is 2. The minimum Gasteiger partial charge on any atom is -0.344 e. The number of nitrogens with zero attached hydrogens (tertiary/aromatic N) is 1. The number of fused-ring (bicyclic) bond motifs is 1. The number of aromatic amines is 1. The topological polar surface area (TPSA) is 74.8 Å². The maximum absolute atomic E-state index is 13.9. The van der Waals surface area contributed by atoms with E-state index in [0.717, 1.165) is 0 Å². The Morgan fingerprint density at radius 1 is 1.16 bits per heavy atom. The summed E-state index contributed by atoms with van der Waals surface area (Å²) in [6.07, 6.45) is 0.423. The zero-order chi connectivity index (χ0) is 18.0. The lowest BCUT2D eigenvalue weighted by molar-refractivity contribution is 0.0928. The van der Waals surface area contributed by atoms with Crippen molar-refractivity contribution in [1.29, 1.82) is 0 Å². The normalized spacial score (nSPS) is 12.1. The van der Waals surface area contributed by atoms with E-state index in [1.165, 1.54) is 24.3 Å². The number of benzene rings is 2. The molecule has 128 valence electrons. The summed E-state index contributed by atoms with van der Waals surface area (Å²) in [4.78, 5) is 24.8. The third-order valence-corrected chi connectivity index (χ3v) is 3.96. The number of para-hydroxylation sites is 1. The van der Waals surface area contributed by atoms with Gasteiger partial charge in [-0.15, -0.1) is 0 Å². The summed E-state index contributed by atoms with van der Waals surface area (Å²) >= 11 is 0. The molecule has 0 aliphatic rings. The highest BCUT2D eigenvalue weighted by Crippen LogP contribution is 2.20. The maximum Gasteiger partial charge on any atom is 0.276 e. The van der Waals surface area contributed by atoms with Crippen LogP contribution in [-0.2, 0) is 0 Å². The van der Waals surface area contributed by atoms with Gasteiger partial charge in [0.25, 0.3) is 5.91 Å². The SMILES string of the molecule is CC[C@H](NC(=O)c1n[nH]c2c(F)cccc2c1=O)c1ccccc1F. The first-order chi connectivity index (χ1) is 12.0. The lowest BCUT2D eigenvalue weighted by Gasteiger charge is -2.17. The lowest BCUT2D eigenvalue weighted by Crippen LogP contribution is -2.33. The van der Waals surface area contributed by atoms with E-state index >= 15 is 0 Å². The molecule has 0 aliphatic carbocycles. The Balaban J connectivity index is 1.96. The third-order valence-electron chi connectivity index (χ3n) is 3.96. The van der Waals surface area contributed by atoms with Crippen LogP contribution in [0.2, 0.25) is 0 Å². The van der Waals surface area contributed by atoms with Gasteiger partial charge in [0, 0.05) is 5.56 Å². The molecule has 0 bridgehead atoms. The number of hydrogen-bond donors (Lipinski definition) is 2. The Morgan fingerprint density at radius 3 is 2.60 bits per heavy atom. The summed E-state index contributed by atoms with van der Waals surface area (Å²) < 4.78 is 27.6. The molecular weight excluding hydrogens is 328 g/mol. The minimum absolute atomic E-state index is 0.0269. The van der Waals surface area contributed by atoms with Crippen molar-refractivity contribution in [2.24, 2.45) is 0 Å². The molecule has 0 aliphatic heterocycles. The number of H-pyrrole nitrogens is 1. The fraction of sp³-hybridized carbons (Fsp3) is 0.167. The Bertz CT molecular complexity index is 1000. The first-order valence-electron chi connectivity index (χ1n) is 7.75. The Hall–Kier alpha value is -3.09. The second-order valence-corrected chi connectivity index (χ2v) is 5.52. The second-order valence-electron chi connectivity index (χ2n) is 5.52. The van der Waals surface area contributed by atoms with E-state index in [9.17, 15) is 18.4 Å². The lowest BCUT2D eigenvalue weighted by atomic mass is 10.0. The van der Waals surface area contributed by atoms with Gasteiger partial charge in [-0.2, -0.15) is 5.10 Å². The van der Waals surface area contributed by atoms with Crippen molar-refractivity contribution in [3.8, 4) is 0 Å².